The lowest BCUT2D eigenvalue weighted by Crippen LogP contribution is -2.42. The van der Waals surface area contributed by atoms with Gasteiger partial charge in [-0.1, -0.05) is 103 Å². The molecule has 2 fully saturated rings. The molecule has 1 N–H and O–H groups in total. The number of hydrogen-bond acceptors (Lipinski definition) is 4. The first-order chi connectivity index (χ1) is 19.2. The smallest absolute Gasteiger partial charge is 0.314 e. The van der Waals surface area contributed by atoms with E-state index in [1.165, 1.54) is 60.6 Å². The topological polar surface area (TPSA) is 41.6 Å². The predicted octanol–water partition coefficient (Wildman–Crippen LogP) is 7.21. The van der Waals surface area contributed by atoms with Crippen LogP contribution in [0.4, 0.5) is 0 Å². The van der Waals surface area contributed by atoms with Gasteiger partial charge in [-0.3, -0.25) is 4.79 Å². The average molecular weight is 557 g/mol. The zero-order valence-electron chi connectivity index (χ0n) is 23.6. The zero-order chi connectivity index (χ0) is 27.0. The summed E-state index contributed by atoms with van der Waals surface area (Å²) in [6.07, 6.45) is 10.3. The first kappa shape index (κ1) is 29.8. The van der Waals surface area contributed by atoms with E-state index in [1.807, 2.05) is 30.3 Å². The highest BCUT2D eigenvalue weighted by atomic mass is 35.5. The van der Waals surface area contributed by atoms with E-state index in [0.29, 0.717) is 0 Å². The molecule has 0 saturated carbocycles. The van der Waals surface area contributed by atoms with Crippen LogP contribution in [0, 0.1) is 0 Å². The maximum Gasteiger partial charge on any atom is 0.314 e. The molecule has 3 aromatic carbocycles. The van der Waals surface area contributed by atoms with Gasteiger partial charge in [-0.15, -0.1) is 12.4 Å². The van der Waals surface area contributed by atoms with Crippen molar-refractivity contribution in [2.75, 3.05) is 33.8 Å². The Morgan fingerprint density at radius 1 is 0.850 bits per heavy atom. The lowest BCUT2D eigenvalue weighted by atomic mass is 9.86. The van der Waals surface area contributed by atoms with Crippen molar-refractivity contribution in [3.63, 3.8) is 0 Å². The molecule has 6 rings (SSSR count). The molecule has 3 aliphatic rings. The molecule has 2 heterocycles. The number of hydrogen-bond donors (Lipinski definition) is 1. The van der Waals surface area contributed by atoms with Crippen LogP contribution in [-0.2, 0) is 9.53 Å². The number of esters is 1. The number of nitrogens with one attached hydrogen (secondary N) is 1. The third kappa shape index (κ3) is 6.93. The largest absolute Gasteiger partial charge is 0.469 e. The Hall–Kier alpha value is -3.18. The molecule has 4 nitrogen and oxygen atoms in total. The fraction of sp³-hybridized carbons (Fsp3) is 0.343. The number of carbonyl (C=O) groups is 1. The van der Waals surface area contributed by atoms with E-state index in [-0.39, 0.29) is 30.3 Å². The molecule has 210 valence electrons. The van der Waals surface area contributed by atoms with Crippen LogP contribution in [0.15, 0.2) is 84.4 Å². The Morgan fingerprint density at radius 2 is 1.43 bits per heavy atom. The van der Waals surface area contributed by atoms with Crippen molar-refractivity contribution in [2.45, 2.75) is 44.1 Å². The number of methoxy groups -OCH3 is 1. The molecule has 0 bridgehead atoms. The number of likely N-dealkylation sites (tertiary alicyclic amines) is 1. The highest BCUT2D eigenvalue weighted by molar-refractivity contribution is 5.95. The van der Waals surface area contributed by atoms with Gasteiger partial charge >= 0.3 is 5.97 Å². The Balaban J connectivity index is 0.000000187. The Bertz CT molecular complexity index is 1270. The Morgan fingerprint density at radius 3 is 1.98 bits per heavy atom. The quantitative estimate of drug-likeness (QED) is 0.271. The summed E-state index contributed by atoms with van der Waals surface area (Å²) in [5.74, 6) is -0.322. The predicted molar refractivity (Wildman–Crippen MR) is 169 cm³/mol. The van der Waals surface area contributed by atoms with Crippen molar-refractivity contribution in [2.24, 2.45) is 0 Å². The SMILES string of the molecule is CN1CCC(=C2c3ccccc3C=Cc3ccccc32)CC1.COC(=O)[C@H](c1ccccc1)[C@H]1CCCCN1.Cl. The van der Waals surface area contributed by atoms with Gasteiger partial charge in [0.05, 0.1) is 13.0 Å². The summed E-state index contributed by atoms with van der Waals surface area (Å²) in [4.78, 5) is 14.4. The van der Waals surface area contributed by atoms with E-state index in [4.69, 9.17) is 4.74 Å². The monoisotopic (exact) mass is 556 g/mol. The van der Waals surface area contributed by atoms with Crippen molar-refractivity contribution >= 4 is 36.1 Å². The normalized spacial score (nSPS) is 19.1. The molecule has 0 unspecified atom stereocenters. The molecule has 40 heavy (non-hydrogen) atoms. The number of rotatable bonds is 3. The summed E-state index contributed by atoms with van der Waals surface area (Å²) in [6.45, 7) is 3.32. The van der Waals surface area contributed by atoms with Crippen molar-refractivity contribution in [1.29, 1.82) is 0 Å². The van der Waals surface area contributed by atoms with Gasteiger partial charge in [-0.05, 0) is 72.7 Å². The van der Waals surface area contributed by atoms with Crippen molar-refractivity contribution in [1.82, 2.24) is 10.2 Å². The zero-order valence-corrected chi connectivity index (χ0v) is 24.5. The molecule has 0 aromatic heterocycles. The second-order valence-corrected chi connectivity index (χ2v) is 10.8. The molecule has 2 saturated heterocycles. The lowest BCUT2D eigenvalue weighted by molar-refractivity contribution is -0.143. The highest BCUT2D eigenvalue weighted by Gasteiger charge is 2.31. The molecular weight excluding hydrogens is 516 g/mol. The fourth-order valence-corrected chi connectivity index (χ4v) is 6.07. The number of nitrogens with zero attached hydrogens (tertiary/aromatic N) is 1. The minimum atomic E-state index is -0.179. The Labute approximate surface area is 245 Å². The van der Waals surface area contributed by atoms with E-state index >= 15 is 0 Å². The first-order valence-corrected chi connectivity index (χ1v) is 14.3. The highest BCUT2D eigenvalue weighted by Crippen LogP contribution is 2.38. The van der Waals surface area contributed by atoms with Crippen LogP contribution in [0.3, 0.4) is 0 Å². The molecule has 2 aliphatic heterocycles. The van der Waals surface area contributed by atoms with Gasteiger partial charge in [-0.2, -0.15) is 0 Å². The second-order valence-electron chi connectivity index (χ2n) is 10.8. The minimum Gasteiger partial charge on any atom is -0.469 e. The van der Waals surface area contributed by atoms with E-state index in [1.54, 1.807) is 5.57 Å². The minimum absolute atomic E-state index is 0. The molecule has 0 spiro atoms. The van der Waals surface area contributed by atoms with Crippen LogP contribution < -0.4 is 5.32 Å². The van der Waals surface area contributed by atoms with Gasteiger partial charge in [0.25, 0.3) is 0 Å². The van der Waals surface area contributed by atoms with Crippen molar-refractivity contribution < 1.29 is 9.53 Å². The van der Waals surface area contributed by atoms with E-state index in [2.05, 4.69) is 77.9 Å². The maximum atomic E-state index is 11.9. The van der Waals surface area contributed by atoms with E-state index in [0.717, 1.165) is 31.6 Å². The lowest BCUT2D eigenvalue weighted by Gasteiger charge is -2.29. The van der Waals surface area contributed by atoms with Gasteiger partial charge in [0.1, 0.15) is 0 Å². The third-order valence-corrected chi connectivity index (χ3v) is 8.21. The molecule has 1 aliphatic carbocycles. The summed E-state index contributed by atoms with van der Waals surface area (Å²) >= 11 is 0. The van der Waals surface area contributed by atoms with Crippen LogP contribution >= 0.6 is 12.4 Å². The summed E-state index contributed by atoms with van der Waals surface area (Å²) in [5.41, 5.74) is 9.58. The number of halogens is 1. The van der Waals surface area contributed by atoms with Crippen LogP contribution in [-0.4, -0.2) is 50.7 Å². The number of ether oxygens (including phenoxy) is 1. The standard InChI is InChI=1S/C21H21N.C14H19NO2.ClH/c1-22-14-12-18(13-15-22)21-19-8-4-2-6-16(19)10-11-17-7-3-5-9-20(17)21;1-17-14(16)13(11-7-3-2-4-8-11)12-9-5-6-10-15-12;/h2-11H,12-15H2,1H3;2-4,7-8,12-13,15H,5-6,9-10H2,1H3;1H/t;12-,13-;/m.1./s1. The summed E-state index contributed by atoms with van der Waals surface area (Å²) in [7, 11) is 3.68. The first-order valence-electron chi connectivity index (χ1n) is 14.3. The summed E-state index contributed by atoms with van der Waals surface area (Å²) in [5, 5.41) is 3.43. The summed E-state index contributed by atoms with van der Waals surface area (Å²) in [6, 6.07) is 27.7. The van der Waals surface area contributed by atoms with Crippen LogP contribution in [0.1, 0.15) is 65.8 Å². The van der Waals surface area contributed by atoms with Gasteiger partial charge in [0.15, 0.2) is 0 Å². The number of carbonyl (C=O) groups excluding carboxylic acids is 1. The fourth-order valence-electron chi connectivity index (χ4n) is 6.07. The maximum absolute atomic E-state index is 11.9. The molecule has 5 heteroatoms. The van der Waals surface area contributed by atoms with Gasteiger partial charge in [0.2, 0.25) is 0 Å². The number of fused-ring (bicyclic) bond motifs is 2. The molecule has 0 amide bonds. The average Bonchev–Trinajstić information content (AvgIpc) is 3.16. The molecule has 3 aromatic rings. The van der Waals surface area contributed by atoms with Crippen molar-refractivity contribution in [3.05, 3.63) is 112 Å². The molecule has 2 atom stereocenters. The number of piperidine rings is 2. The summed E-state index contributed by atoms with van der Waals surface area (Å²) < 4.78 is 4.94. The van der Waals surface area contributed by atoms with Crippen molar-refractivity contribution in [3.8, 4) is 0 Å². The van der Waals surface area contributed by atoms with Gasteiger partial charge in [-0.25, -0.2) is 0 Å². The van der Waals surface area contributed by atoms with Crippen LogP contribution in [0.5, 0.6) is 0 Å². The van der Waals surface area contributed by atoms with Gasteiger partial charge < -0.3 is 15.0 Å². The Kier molecular flexibility index (Phi) is 10.8. The molecular formula is C35H41ClN2O2. The van der Waals surface area contributed by atoms with Crippen LogP contribution in [0.2, 0.25) is 0 Å². The third-order valence-electron chi connectivity index (χ3n) is 8.21. The van der Waals surface area contributed by atoms with Crippen LogP contribution in [0.25, 0.3) is 17.7 Å². The van der Waals surface area contributed by atoms with E-state index < -0.39 is 0 Å². The number of benzene rings is 3. The molecule has 0 radical (unpaired) electrons. The second kappa shape index (κ2) is 14.5. The van der Waals surface area contributed by atoms with Gasteiger partial charge in [0, 0.05) is 19.1 Å². The van der Waals surface area contributed by atoms with E-state index in [9.17, 15) is 4.79 Å².